The molecule has 0 radical (unpaired) electrons. The summed E-state index contributed by atoms with van der Waals surface area (Å²) in [6.07, 6.45) is 3.48. The maximum Gasteiger partial charge on any atom is 0.243 e. The van der Waals surface area contributed by atoms with Gasteiger partial charge in [0.05, 0.1) is 29.5 Å². The average molecular weight is 475 g/mol. The van der Waals surface area contributed by atoms with Crippen molar-refractivity contribution in [2.75, 3.05) is 49.6 Å². The molecule has 0 bridgehead atoms. The minimum Gasteiger partial charge on any atom is -0.379 e. The Hall–Kier alpha value is -2.20. The number of ether oxygens (including phenoxy) is 1. The van der Waals surface area contributed by atoms with Crippen LogP contribution in [0.15, 0.2) is 53.4 Å². The van der Waals surface area contributed by atoms with Gasteiger partial charge in [0.15, 0.2) is 5.11 Å². The van der Waals surface area contributed by atoms with Crippen LogP contribution in [0.25, 0.3) is 0 Å². The molecule has 0 spiro atoms. The van der Waals surface area contributed by atoms with E-state index in [4.69, 9.17) is 17.0 Å². The molecule has 2 aliphatic rings. The number of thiocarbonyl (C=S) groups is 1. The molecule has 0 atom stereocenters. The molecular formula is C23H30N4O3S2. The number of hydrogen-bond acceptors (Lipinski definition) is 5. The van der Waals surface area contributed by atoms with Gasteiger partial charge in [0.25, 0.3) is 0 Å². The number of piperidine rings is 1. The molecule has 2 heterocycles. The number of sulfonamides is 1. The molecule has 32 heavy (non-hydrogen) atoms. The van der Waals surface area contributed by atoms with E-state index in [1.807, 2.05) is 36.4 Å². The molecule has 7 nitrogen and oxygen atoms in total. The van der Waals surface area contributed by atoms with Crippen LogP contribution in [0.4, 0.5) is 11.4 Å². The molecule has 172 valence electrons. The molecule has 0 aromatic heterocycles. The molecule has 0 saturated carbocycles. The maximum atomic E-state index is 13.2. The molecule has 2 aromatic rings. The van der Waals surface area contributed by atoms with Gasteiger partial charge < -0.3 is 20.3 Å². The van der Waals surface area contributed by atoms with Gasteiger partial charge in [-0.1, -0.05) is 30.3 Å². The van der Waals surface area contributed by atoms with E-state index in [1.54, 1.807) is 12.1 Å². The fourth-order valence-corrected chi connectivity index (χ4v) is 5.68. The third-order valence-corrected chi connectivity index (χ3v) is 7.96. The van der Waals surface area contributed by atoms with Crippen LogP contribution in [0, 0.1) is 0 Å². The predicted octanol–water partition coefficient (Wildman–Crippen LogP) is 3.18. The van der Waals surface area contributed by atoms with E-state index in [1.165, 1.54) is 10.7 Å². The number of benzene rings is 2. The van der Waals surface area contributed by atoms with Crippen molar-refractivity contribution in [1.29, 1.82) is 0 Å². The Morgan fingerprint density at radius 1 is 0.969 bits per heavy atom. The number of nitrogens with one attached hydrogen (secondary N) is 2. The van der Waals surface area contributed by atoms with Crippen LogP contribution < -0.4 is 15.5 Å². The van der Waals surface area contributed by atoms with E-state index >= 15 is 0 Å². The van der Waals surface area contributed by atoms with Crippen molar-refractivity contribution in [3.8, 4) is 0 Å². The van der Waals surface area contributed by atoms with Crippen molar-refractivity contribution in [3.05, 3.63) is 54.1 Å². The van der Waals surface area contributed by atoms with E-state index in [0.29, 0.717) is 43.6 Å². The van der Waals surface area contributed by atoms with Crippen molar-refractivity contribution in [2.45, 2.75) is 30.7 Å². The van der Waals surface area contributed by atoms with Crippen molar-refractivity contribution in [1.82, 2.24) is 9.62 Å². The number of nitrogens with zero attached hydrogens (tertiary/aromatic N) is 2. The first kappa shape index (κ1) is 23.0. The molecule has 0 amide bonds. The molecule has 2 N–H and O–H groups in total. The third-order valence-electron chi connectivity index (χ3n) is 5.82. The Kier molecular flexibility index (Phi) is 7.62. The SMILES string of the molecule is O=S(=O)(c1ccc(N2CCCCC2)c(NC(=S)NCc2ccccc2)c1)N1CCOCC1. The molecule has 0 unspecified atom stereocenters. The Morgan fingerprint density at radius 3 is 2.41 bits per heavy atom. The van der Waals surface area contributed by atoms with E-state index in [9.17, 15) is 8.42 Å². The van der Waals surface area contributed by atoms with Gasteiger partial charge in [0.2, 0.25) is 10.0 Å². The first-order valence-corrected chi connectivity index (χ1v) is 12.9. The maximum absolute atomic E-state index is 13.2. The lowest BCUT2D eigenvalue weighted by molar-refractivity contribution is 0.0730. The van der Waals surface area contributed by atoms with Gasteiger partial charge in [-0.2, -0.15) is 4.31 Å². The lowest BCUT2D eigenvalue weighted by Gasteiger charge is -2.31. The van der Waals surface area contributed by atoms with Crippen molar-refractivity contribution in [3.63, 3.8) is 0 Å². The Bertz CT molecular complexity index is 1020. The normalized spacial score (nSPS) is 17.7. The van der Waals surface area contributed by atoms with Gasteiger partial charge >= 0.3 is 0 Å². The molecular weight excluding hydrogens is 444 g/mol. The topological polar surface area (TPSA) is 73.9 Å². The fourth-order valence-electron chi connectivity index (χ4n) is 4.07. The Balaban J connectivity index is 1.56. The first-order valence-electron chi connectivity index (χ1n) is 11.1. The predicted molar refractivity (Wildman–Crippen MR) is 132 cm³/mol. The van der Waals surface area contributed by atoms with E-state index in [2.05, 4.69) is 15.5 Å². The molecule has 4 rings (SSSR count). The second kappa shape index (κ2) is 10.6. The van der Waals surface area contributed by atoms with E-state index in [0.717, 1.165) is 37.2 Å². The zero-order valence-electron chi connectivity index (χ0n) is 18.1. The second-order valence-electron chi connectivity index (χ2n) is 8.04. The molecule has 2 aliphatic heterocycles. The zero-order chi connectivity index (χ0) is 22.4. The number of rotatable bonds is 6. The minimum atomic E-state index is -3.59. The van der Waals surface area contributed by atoms with Gasteiger partial charge in [0.1, 0.15) is 0 Å². The summed E-state index contributed by atoms with van der Waals surface area (Å²) in [5, 5.41) is 6.95. The van der Waals surface area contributed by atoms with Gasteiger partial charge in [-0.15, -0.1) is 0 Å². The second-order valence-corrected chi connectivity index (χ2v) is 10.4. The highest BCUT2D eigenvalue weighted by molar-refractivity contribution is 7.89. The standard InChI is InChI=1S/C23H30N4O3S2/c28-32(29,27-13-15-30-16-14-27)20-9-10-22(26-11-5-2-6-12-26)21(17-20)25-23(31)24-18-19-7-3-1-4-8-19/h1,3-4,7-10,17H,2,5-6,11-16,18H2,(H2,24,25,31). The van der Waals surface area contributed by atoms with Gasteiger partial charge in [0, 0.05) is 32.7 Å². The summed E-state index contributed by atoms with van der Waals surface area (Å²) < 4.78 is 33.2. The first-order chi connectivity index (χ1) is 15.5. The van der Waals surface area contributed by atoms with E-state index < -0.39 is 10.0 Å². The molecule has 0 aliphatic carbocycles. The summed E-state index contributed by atoms with van der Waals surface area (Å²) in [7, 11) is -3.59. The minimum absolute atomic E-state index is 0.272. The lowest BCUT2D eigenvalue weighted by Crippen LogP contribution is -2.40. The van der Waals surface area contributed by atoms with Crippen LogP contribution in [0.2, 0.25) is 0 Å². The van der Waals surface area contributed by atoms with Crippen LogP contribution in [0.1, 0.15) is 24.8 Å². The smallest absolute Gasteiger partial charge is 0.243 e. The lowest BCUT2D eigenvalue weighted by atomic mass is 10.1. The van der Waals surface area contributed by atoms with Crippen molar-refractivity contribution < 1.29 is 13.2 Å². The molecule has 2 fully saturated rings. The molecule has 2 aromatic carbocycles. The van der Waals surface area contributed by atoms with Crippen LogP contribution in [0.3, 0.4) is 0 Å². The number of morpholine rings is 1. The Labute approximate surface area is 195 Å². The quantitative estimate of drug-likeness (QED) is 0.623. The summed E-state index contributed by atoms with van der Waals surface area (Å²) in [5.41, 5.74) is 2.82. The Morgan fingerprint density at radius 2 is 1.69 bits per heavy atom. The van der Waals surface area contributed by atoms with Crippen molar-refractivity contribution >= 4 is 38.7 Å². The fraction of sp³-hybridized carbons (Fsp3) is 0.435. The van der Waals surface area contributed by atoms with Gasteiger partial charge in [-0.05, 0) is 55.2 Å². The monoisotopic (exact) mass is 474 g/mol. The van der Waals surface area contributed by atoms with Crippen LogP contribution in [0.5, 0.6) is 0 Å². The molecule has 2 saturated heterocycles. The highest BCUT2D eigenvalue weighted by Crippen LogP contribution is 2.32. The summed E-state index contributed by atoms with van der Waals surface area (Å²) in [6.45, 7) is 4.08. The van der Waals surface area contributed by atoms with Crippen LogP contribution in [-0.4, -0.2) is 57.2 Å². The summed E-state index contributed by atoms with van der Waals surface area (Å²) in [6, 6.07) is 15.3. The highest BCUT2D eigenvalue weighted by atomic mass is 32.2. The number of hydrogen-bond donors (Lipinski definition) is 2. The van der Waals surface area contributed by atoms with Crippen molar-refractivity contribution in [2.24, 2.45) is 0 Å². The zero-order valence-corrected chi connectivity index (χ0v) is 19.8. The number of anilines is 2. The van der Waals surface area contributed by atoms with Gasteiger partial charge in [-0.3, -0.25) is 0 Å². The van der Waals surface area contributed by atoms with Gasteiger partial charge in [-0.25, -0.2) is 8.42 Å². The highest BCUT2D eigenvalue weighted by Gasteiger charge is 2.27. The van der Waals surface area contributed by atoms with Crippen LogP contribution in [-0.2, 0) is 21.3 Å². The summed E-state index contributed by atoms with van der Waals surface area (Å²) in [4.78, 5) is 2.57. The third kappa shape index (κ3) is 5.58. The average Bonchev–Trinajstić information content (AvgIpc) is 2.84. The van der Waals surface area contributed by atoms with Crippen LogP contribution >= 0.6 is 12.2 Å². The summed E-state index contributed by atoms with van der Waals surface area (Å²) in [5.74, 6) is 0. The molecule has 9 heteroatoms. The largest absolute Gasteiger partial charge is 0.379 e. The van der Waals surface area contributed by atoms with E-state index in [-0.39, 0.29) is 4.90 Å². The summed E-state index contributed by atoms with van der Waals surface area (Å²) >= 11 is 5.54.